The molecule has 0 aliphatic rings. The van der Waals surface area contributed by atoms with E-state index in [9.17, 15) is 9.22 Å². The molecule has 8 rings (SSSR count). The zero-order chi connectivity index (χ0) is 48.9. The van der Waals surface area contributed by atoms with Gasteiger partial charge in [0.05, 0.1) is 22.3 Å². The topological polar surface area (TPSA) is 50.9 Å². The Morgan fingerprint density at radius 3 is 1.92 bits per heavy atom. The Bertz CT molecular complexity index is 3120. The van der Waals surface area contributed by atoms with Gasteiger partial charge in [-0.2, -0.15) is 0 Å². The van der Waals surface area contributed by atoms with Crippen LogP contribution in [0.15, 0.2) is 128 Å². The standard InChI is InChI=1S/C61H66N3O.Pt/c1-13-60(11,14-2)50-25-21-26-51(61(12,15-3)16-4)55(50)44-28-29-53(40(6)34-44)64-54-27-20-24-48(56(54)63-58(64)49-33-39(5)32-41(7)57(49)65)45-35-46(37-47(36-45)59(8,9)10)52-38-43(30-31-62-52)42-22-18-17-19-23-42;/h17-34,36-38,65H,13-16H2,1-12H3;/q-1;/i6D3;. The summed E-state index contributed by atoms with van der Waals surface area (Å²) in [6.45, 7) is 21.6. The molecular formula is C61H66N3OPt-. The summed E-state index contributed by atoms with van der Waals surface area (Å²) >= 11 is 0. The van der Waals surface area contributed by atoms with E-state index in [1.165, 1.54) is 11.1 Å². The molecule has 6 aromatic carbocycles. The maximum atomic E-state index is 11.9. The summed E-state index contributed by atoms with van der Waals surface area (Å²) in [6.07, 6.45) is 5.63. The van der Waals surface area contributed by atoms with Crippen LogP contribution in [0.3, 0.4) is 0 Å². The van der Waals surface area contributed by atoms with Gasteiger partial charge < -0.3 is 5.11 Å². The van der Waals surface area contributed by atoms with Gasteiger partial charge in [0.1, 0.15) is 11.6 Å². The Morgan fingerprint density at radius 2 is 1.29 bits per heavy atom. The van der Waals surface area contributed by atoms with Crippen LogP contribution in [0.4, 0.5) is 0 Å². The molecule has 0 saturated carbocycles. The van der Waals surface area contributed by atoms with Crippen LogP contribution in [0.25, 0.3) is 72.7 Å². The fraction of sp³-hybridized carbons (Fsp3) is 0.311. The monoisotopic (exact) mass is 1050 g/mol. The number of fused-ring (bicyclic) bond motifs is 1. The maximum Gasteiger partial charge on any atom is 0.148 e. The third kappa shape index (κ3) is 8.87. The summed E-state index contributed by atoms with van der Waals surface area (Å²) in [7, 11) is 0. The largest absolute Gasteiger partial charge is 0.507 e. The number of nitrogens with zero attached hydrogens (tertiary/aromatic N) is 3. The molecule has 5 heteroatoms. The van der Waals surface area contributed by atoms with Gasteiger partial charge in [-0.3, -0.25) is 9.55 Å². The molecule has 0 fully saturated rings. The van der Waals surface area contributed by atoms with Crippen LogP contribution >= 0.6 is 0 Å². The van der Waals surface area contributed by atoms with Gasteiger partial charge in [0.15, 0.2) is 0 Å². The minimum Gasteiger partial charge on any atom is -0.507 e. The predicted octanol–water partition coefficient (Wildman–Crippen LogP) is 16.6. The summed E-state index contributed by atoms with van der Waals surface area (Å²) in [5.74, 6) is 0.554. The molecule has 0 unspecified atom stereocenters. The quantitative estimate of drug-likeness (QED) is 0.124. The Balaban J connectivity index is 0.00000703. The van der Waals surface area contributed by atoms with Gasteiger partial charge in [-0.15, -0.1) is 29.3 Å². The molecule has 0 radical (unpaired) electrons. The number of hydrogen-bond acceptors (Lipinski definition) is 3. The first-order valence-electron chi connectivity index (χ1n) is 25.0. The Hall–Kier alpha value is -5.57. The molecular weight excluding hydrogens is 986 g/mol. The van der Waals surface area contributed by atoms with Gasteiger partial charge in [0.2, 0.25) is 0 Å². The van der Waals surface area contributed by atoms with Crippen molar-refractivity contribution < 1.29 is 30.3 Å². The van der Waals surface area contributed by atoms with Crippen LogP contribution in [0.1, 0.15) is 125 Å². The van der Waals surface area contributed by atoms with Gasteiger partial charge in [-0.25, -0.2) is 4.98 Å². The molecule has 0 amide bonds. The third-order valence-electron chi connectivity index (χ3n) is 14.6. The molecule has 0 bridgehead atoms. The summed E-state index contributed by atoms with van der Waals surface area (Å²) in [5, 5.41) is 11.9. The van der Waals surface area contributed by atoms with Crippen molar-refractivity contribution in [1.29, 1.82) is 0 Å². The molecule has 2 aromatic heterocycles. The van der Waals surface area contributed by atoms with Crippen LogP contribution in [-0.2, 0) is 37.3 Å². The van der Waals surface area contributed by atoms with Crippen molar-refractivity contribution in [1.82, 2.24) is 14.5 Å². The fourth-order valence-electron chi connectivity index (χ4n) is 9.56. The molecule has 342 valence electrons. The second-order valence-electron chi connectivity index (χ2n) is 19.7. The van der Waals surface area contributed by atoms with E-state index in [4.69, 9.17) is 9.97 Å². The van der Waals surface area contributed by atoms with Gasteiger partial charge in [0.25, 0.3) is 0 Å². The molecule has 2 heterocycles. The third-order valence-corrected chi connectivity index (χ3v) is 14.6. The second-order valence-corrected chi connectivity index (χ2v) is 19.7. The number of phenols is 1. The summed E-state index contributed by atoms with van der Waals surface area (Å²) in [5.41, 5.74) is 14.9. The predicted molar refractivity (Wildman–Crippen MR) is 275 cm³/mol. The second kappa shape index (κ2) is 19.0. The number of aryl methyl sites for hydroxylation is 3. The smallest absolute Gasteiger partial charge is 0.148 e. The molecule has 0 aliphatic carbocycles. The van der Waals surface area contributed by atoms with Gasteiger partial charge in [-0.05, 0) is 143 Å². The average molecular weight is 1060 g/mol. The zero-order valence-electron chi connectivity index (χ0n) is 43.6. The van der Waals surface area contributed by atoms with E-state index in [0.717, 1.165) is 81.4 Å². The van der Waals surface area contributed by atoms with E-state index < -0.39 is 6.85 Å². The van der Waals surface area contributed by atoms with E-state index in [2.05, 4.69) is 129 Å². The molecule has 0 spiro atoms. The number of benzene rings is 6. The minimum absolute atomic E-state index is 0. The van der Waals surface area contributed by atoms with Gasteiger partial charge in [0, 0.05) is 37.1 Å². The SMILES string of the molecule is [2H]C([2H])([2H])c1cc(-c2c(C(C)(CC)CC)cccc2C(C)(CC)CC)ccc1-n1c(-c2cc(C)cc(C)c2O)nc2c(-c3[c-]c(-c4cc(-c5ccccc5)ccn4)cc(C(C)(C)C)c3)cccc21.[Pt]. The Labute approximate surface area is 413 Å². The van der Waals surface area contributed by atoms with E-state index in [1.54, 1.807) is 0 Å². The van der Waals surface area contributed by atoms with Gasteiger partial charge in [-0.1, -0.05) is 152 Å². The molecule has 66 heavy (non-hydrogen) atoms. The number of rotatable bonds is 12. The maximum absolute atomic E-state index is 11.9. The van der Waals surface area contributed by atoms with Crippen LogP contribution < -0.4 is 0 Å². The first-order valence-corrected chi connectivity index (χ1v) is 23.5. The van der Waals surface area contributed by atoms with Crippen molar-refractivity contribution in [3.8, 4) is 67.5 Å². The number of phenolic OH excluding ortho intramolecular Hbond substituents is 1. The number of pyridine rings is 1. The van der Waals surface area contributed by atoms with Crippen molar-refractivity contribution in [3.63, 3.8) is 0 Å². The van der Waals surface area contributed by atoms with E-state index in [-0.39, 0.29) is 48.6 Å². The van der Waals surface area contributed by atoms with Crippen LogP contribution in [0, 0.1) is 26.8 Å². The molecule has 0 saturated heterocycles. The molecule has 0 atom stereocenters. The minimum atomic E-state index is -2.51. The fourth-order valence-corrected chi connectivity index (χ4v) is 9.56. The summed E-state index contributed by atoms with van der Waals surface area (Å²) in [6, 6.07) is 45.2. The zero-order valence-corrected chi connectivity index (χ0v) is 42.8. The van der Waals surface area contributed by atoms with Crippen molar-refractivity contribution in [2.24, 2.45) is 0 Å². The number of aromatic nitrogens is 3. The molecule has 4 nitrogen and oxygen atoms in total. The normalized spacial score (nSPS) is 13.0. The summed E-state index contributed by atoms with van der Waals surface area (Å²) < 4.78 is 29.7. The van der Waals surface area contributed by atoms with Crippen LogP contribution in [-0.4, -0.2) is 19.6 Å². The Kier molecular flexibility index (Phi) is 12.7. The van der Waals surface area contributed by atoms with Gasteiger partial charge >= 0.3 is 0 Å². The molecule has 1 N–H and O–H groups in total. The van der Waals surface area contributed by atoms with Crippen LogP contribution in [0.2, 0.25) is 0 Å². The van der Waals surface area contributed by atoms with Crippen molar-refractivity contribution in [2.45, 2.75) is 125 Å². The van der Waals surface area contributed by atoms with E-state index in [0.29, 0.717) is 33.7 Å². The number of aromatic hydroxyl groups is 1. The van der Waals surface area contributed by atoms with E-state index in [1.807, 2.05) is 85.3 Å². The van der Waals surface area contributed by atoms with Crippen molar-refractivity contribution >= 4 is 11.0 Å². The number of para-hydroxylation sites is 1. The Morgan fingerprint density at radius 1 is 0.636 bits per heavy atom. The van der Waals surface area contributed by atoms with Crippen molar-refractivity contribution in [2.75, 3.05) is 0 Å². The summed E-state index contributed by atoms with van der Waals surface area (Å²) in [4.78, 5) is 10.3. The average Bonchev–Trinajstić information content (AvgIpc) is 3.73. The van der Waals surface area contributed by atoms with Crippen molar-refractivity contribution in [3.05, 3.63) is 167 Å². The number of imidazole rings is 1. The first-order chi connectivity index (χ1) is 32.2. The van der Waals surface area contributed by atoms with E-state index >= 15 is 0 Å². The first kappa shape index (κ1) is 44.3. The molecule has 8 aromatic rings. The molecule has 0 aliphatic heterocycles. The number of hydrogen-bond donors (Lipinski definition) is 1. The van der Waals surface area contributed by atoms with Crippen LogP contribution in [0.5, 0.6) is 5.75 Å².